The van der Waals surface area contributed by atoms with Gasteiger partial charge in [-0.3, -0.25) is 0 Å². The summed E-state index contributed by atoms with van der Waals surface area (Å²) in [7, 11) is 0. The summed E-state index contributed by atoms with van der Waals surface area (Å²) in [6.45, 7) is 1.25. The van der Waals surface area contributed by atoms with Gasteiger partial charge in [-0.2, -0.15) is 11.8 Å². The molecule has 96 valence electrons. The molecule has 0 spiro atoms. The fourth-order valence-electron chi connectivity index (χ4n) is 2.51. The molecule has 0 heterocycles. The van der Waals surface area contributed by atoms with Crippen LogP contribution in [0.4, 0.5) is 0 Å². The lowest BCUT2D eigenvalue weighted by atomic mass is 9.96. The molecule has 0 saturated heterocycles. The van der Waals surface area contributed by atoms with E-state index in [0.29, 0.717) is 0 Å². The molecule has 0 aromatic heterocycles. The summed E-state index contributed by atoms with van der Waals surface area (Å²) >= 11 is 1.97. The Morgan fingerprint density at radius 2 is 1.62 bits per heavy atom. The van der Waals surface area contributed by atoms with Crippen molar-refractivity contribution in [3.63, 3.8) is 0 Å². The van der Waals surface area contributed by atoms with Gasteiger partial charge in [0, 0.05) is 6.04 Å². The van der Waals surface area contributed by atoms with E-state index in [2.05, 4.69) is 11.6 Å². The van der Waals surface area contributed by atoms with Crippen molar-refractivity contribution >= 4 is 11.8 Å². The molecule has 0 aromatic rings. The lowest BCUT2D eigenvalue weighted by molar-refractivity contribution is 0.387. The van der Waals surface area contributed by atoms with Crippen molar-refractivity contribution < 1.29 is 0 Å². The summed E-state index contributed by atoms with van der Waals surface area (Å²) < 4.78 is 0. The molecule has 16 heavy (non-hydrogen) atoms. The summed E-state index contributed by atoms with van der Waals surface area (Å²) in [5, 5.41) is 3.76. The molecule has 0 atom stereocenters. The first-order valence-corrected chi connectivity index (χ1v) is 8.55. The first-order valence-electron chi connectivity index (χ1n) is 7.16. The molecule has 1 aliphatic rings. The van der Waals surface area contributed by atoms with Gasteiger partial charge in [-0.25, -0.2) is 0 Å². The molecule has 0 aromatic carbocycles. The zero-order chi connectivity index (χ0) is 11.5. The van der Waals surface area contributed by atoms with Crippen molar-refractivity contribution in [2.75, 3.05) is 18.6 Å². The summed E-state index contributed by atoms with van der Waals surface area (Å²) in [5.41, 5.74) is 0. The van der Waals surface area contributed by atoms with Crippen molar-refractivity contribution in [1.29, 1.82) is 0 Å². The van der Waals surface area contributed by atoms with E-state index in [1.807, 2.05) is 11.8 Å². The van der Waals surface area contributed by atoms with Crippen molar-refractivity contribution in [3.8, 4) is 0 Å². The Morgan fingerprint density at radius 3 is 2.31 bits per heavy atom. The molecule has 1 N–H and O–H groups in total. The van der Waals surface area contributed by atoms with Crippen LogP contribution in [0.25, 0.3) is 0 Å². The van der Waals surface area contributed by atoms with E-state index < -0.39 is 0 Å². The number of thioether (sulfide) groups is 1. The van der Waals surface area contributed by atoms with E-state index in [1.165, 1.54) is 76.5 Å². The minimum atomic E-state index is 0.834. The van der Waals surface area contributed by atoms with Crippen LogP contribution in [-0.2, 0) is 0 Å². The van der Waals surface area contributed by atoms with Gasteiger partial charge in [-0.15, -0.1) is 0 Å². The van der Waals surface area contributed by atoms with Crippen LogP contribution < -0.4 is 5.32 Å². The second-order valence-corrected chi connectivity index (χ2v) is 6.04. The number of hydrogen-bond acceptors (Lipinski definition) is 2. The highest BCUT2D eigenvalue weighted by Gasteiger charge is 2.09. The average molecular weight is 243 g/mol. The predicted molar refractivity (Wildman–Crippen MR) is 76.3 cm³/mol. The van der Waals surface area contributed by atoms with E-state index in [4.69, 9.17) is 0 Å². The quantitative estimate of drug-likeness (QED) is 0.672. The second-order valence-electron chi connectivity index (χ2n) is 5.05. The van der Waals surface area contributed by atoms with Gasteiger partial charge in [-0.1, -0.05) is 38.5 Å². The van der Waals surface area contributed by atoms with Crippen LogP contribution in [0.2, 0.25) is 0 Å². The number of unbranched alkanes of at least 4 members (excludes halogenated alkanes) is 2. The number of nitrogens with one attached hydrogen (secondary N) is 1. The Hall–Kier alpha value is 0.310. The molecule has 0 bridgehead atoms. The smallest absolute Gasteiger partial charge is 0.00670 e. The van der Waals surface area contributed by atoms with E-state index in [-0.39, 0.29) is 0 Å². The SMILES string of the molecule is CSCCCCCNC1CCCCCCC1. The van der Waals surface area contributed by atoms with Crippen LogP contribution >= 0.6 is 11.8 Å². The Bertz CT molecular complexity index is 142. The topological polar surface area (TPSA) is 12.0 Å². The Morgan fingerprint density at radius 1 is 0.938 bits per heavy atom. The van der Waals surface area contributed by atoms with Gasteiger partial charge in [0.1, 0.15) is 0 Å². The Balaban J connectivity index is 1.93. The first-order chi connectivity index (χ1) is 7.93. The van der Waals surface area contributed by atoms with Crippen molar-refractivity contribution in [1.82, 2.24) is 5.32 Å². The van der Waals surface area contributed by atoms with Crippen molar-refractivity contribution in [3.05, 3.63) is 0 Å². The molecule has 1 fully saturated rings. The van der Waals surface area contributed by atoms with Gasteiger partial charge >= 0.3 is 0 Å². The highest BCUT2D eigenvalue weighted by atomic mass is 32.2. The molecular weight excluding hydrogens is 214 g/mol. The van der Waals surface area contributed by atoms with Gasteiger partial charge < -0.3 is 5.32 Å². The van der Waals surface area contributed by atoms with E-state index in [9.17, 15) is 0 Å². The molecule has 1 nitrogen and oxygen atoms in total. The molecule has 2 heteroatoms. The minimum absolute atomic E-state index is 0.834. The number of rotatable bonds is 7. The first kappa shape index (κ1) is 14.4. The van der Waals surface area contributed by atoms with Crippen molar-refractivity contribution in [2.45, 2.75) is 70.3 Å². The Labute approximate surface area is 106 Å². The van der Waals surface area contributed by atoms with Crippen LogP contribution in [-0.4, -0.2) is 24.6 Å². The lowest BCUT2D eigenvalue weighted by Crippen LogP contribution is -2.30. The standard InChI is InChI=1S/C14H29NS/c1-16-13-9-5-8-12-15-14-10-6-3-2-4-7-11-14/h14-15H,2-13H2,1H3. The van der Waals surface area contributed by atoms with E-state index >= 15 is 0 Å². The Kier molecular flexibility index (Phi) is 9.40. The minimum Gasteiger partial charge on any atom is -0.314 e. The van der Waals surface area contributed by atoms with Gasteiger partial charge in [0.05, 0.1) is 0 Å². The van der Waals surface area contributed by atoms with Crippen LogP contribution in [0.5, 0.6) is 0 Å². The molecule has 0 unspecified atom stereocenters. The number of hydrogen-bond donors (Lipinski definition) is 1. The summed E-state index contributed by atoms with van der Waals surface area (Å²) in [6.07, 6.45) is 16.5. The van der Waals surface area contributed by atoms with Crippen molar-refractivity contribution in [2.24, 2.45) is 0 Å². The lowest BCUT2D eigenvalue weighted by Gasteiger charge is -2.21. The van der Waals surface area contributed by atoms with E-state index in [0.717, 1.165) is 6.04 Å². The highest BCUT2D eigenvalue weighted by Crippen LogP contribution is 2.17. The van der Waals surface area contributed by atoms with Crippen LogP contribution in [0, 0.1) is 0 Å². The molecular formula is C14H29NS. The van der Waals surface area contributed by atoms with Gasteiger partial charge in [0.15, 0.2) is 0 Å². The van der Waals surface area contributed by atoms with Gasteiger partial charge in [-0.05, 0) is 44.2 Å². The zero-order valence-corrected chi connectivity index (χ0v) is 11.8. The van der Waals surface area contributed by atoms with E-state index in [1.54, 1.807) is 0 Å². The summed E-state index contributed by atoms with van der Waals surface area (Å²) in [6, 6.07) is 0.834. The molecule has 0 radical (unpaired) electrons. The second kappa shape index (κ2) is 10.5. The average Bonchev–Trinajstić information content (AvgIpc) is 2.25. The normalized spacial score (nSPS) is 19.3. The third-order valence-electron chi connectivity index (χ3n) is 3.56. The molecule has 0 aliphatic heterocycles. The maximum atomic E-state index is 3.76. The molecule has 1 rings (SSSR count). The van der Waals surface area contributed by atoms with Crippen LogP contribution in [0.3, 0.4) is 0 Å². The van der Waals surface area contributed by atoms with Gasteiger partial charge in [0.25, 0.3) is 0 Å². The third-order valence-corrected chi connectivity index (χ3v) is 4.26. The van der Waals surface area contributed by atoms with Crippen LogP contribution in [0.1, 0.15) is 64.2 Å². The molecule has 1 saturated carbocycles. The predicted octanol–water partition coefficient (Wildman–Crippen LogP) is 4.22. The zero-order valence-electron chi connectivity index (χ0n) is 11.0. The summed E-state index contributed by atoms with van der Waals surface area (Å²) in [5.74, 6) is 1.34. The van der Waals surface area contributed by atoms with Crippen LogP contribution in [0.15, 0.2) is 0 Å². The monoisotopic (exact) mass is 243 g/mol. The fourth-order valence-corrected chi connectivity index (χ4v) is 3.01. The molecule has 0 amide bonds. The van der Waals surface area contributed by atoms with Gasteiger partial charge in [0.2, 0.25) is 0 Å². The molecule has 1 aliphatic carbocycles. The maximum absolute atomic E-state index is 3.76. The largest absolute Gasteiger partial charge is 0.314 e. The maximum Gasteiger partial charge on any atom is 0.00670 e. The fraction of sp³-hybridized carbons (Fsp3) is 1.00. The summed E-state index contributed by atoms with van der Waals surface area (Å²) in [4.78, 5) is 0. The highest BCUT2D eigenvalue weighted by molar-refractivity contribution is 7.98. The third kappa shape index (κ3) is 7.56.